The van der Waals surface area contributed by atoms with Crippen molar-refractivity contribution < 1.29 is 9.53 Å². The van der Waals surface area contributed by atoms with E-state index in [0.29, 0.717) is 12.3 Å². The number of hydrogen-bond acceptors (Lipinski definition) is 2. The van der Waals surface area contributed by atoms with Gasteiger partial charge in [-0.15, -0.1) is 0 Å². The van der Waals surface area contributed by atoms with Crippen molar-refractivity contribution in [3.8, 4) is 0 Å². The van der Waals surface area contributed by atoms with Crippen LogP contribution in [0.1, 0.15) is 88.2 Å². The number of hydrogen-bond donors (Lipinski definition) is 0. The first-order chi connectivity index (χ1) is 13.2. The molecule has 0 unspecified atom stereocenters. The molecule has 0 fully saturated rings. The molecule has 0 heterocycles. The van der Waals surface area contributed by atoms with Gasteiger partial charge >= 0.3 is 5.97 Å². The van der Waals surface area contributed by atoms with Gasteiger partial charge in [-0.05, 0) is 56.1 Å². The summed E-state index contributed by atoms with van der Waals surface area (Å²) in [6, 6.07) is 9.36. The number of ether oxygens (including phenoxy) is 1. The third kappa shape index (κ3) is 7.74. The third-order valence-electron chi connectivity index (χ3n) is 5.51. The number of unbranched alkanes of at least 4 members (excludes halogenated alkanes) is 4. The van der Waals surface area contributed by atoms with Gasteiger partial charge in [-0.3, -0.25) is 4.79 Å². The predicted molar refractivity (Wildman–Crippen MR) is 114 cm³/mol. The number of rotatable bonds is 12. The smallest absolute Gasteiger partial charge is 0.305 e. The molecule has 0 aromatic heterocycles. The van der Waals surface area contributed by atoms with Gasteiger partial charge in [-0.25, -0.2) is 0 Å². The molecule has 148 valence electrons. The molecule has 1 aliphatic carbocycles. The number of carbonyl (C=O) groups excluding carboxylic acids is 1. The molecule has 1 atom stereocenters. The molecule has 0 amide bonds. The Kier molecular flexibility index (Phi) is 9.97. The Morgan fingerprint density at radius 3 is 2.67 bits per heavy atom. The van der Waals surface area contributed by atoms with Gasteiger partial charge < -0.3 is 4.74 Å². The highest BCUT2D eigenvalue weighted by atomic mass is 16.5. The molecule has 1 aromatic rings. The number of esters is 1. The Bertz CT molecular complexity index is 610. The summed E-state index contributed by atoms with van der Waals surface area (Å²) in [5.74, 6) is 0.467. The molecular formula is C25H36O2. The normalized spacial score (nSPS) is 16.7. The van der Waals surface area contributed by atoms with E-state index in [9.17, 15) is 4.79 Å². The van der Waals surface area contributed by atoms with E-state index in [2.05, 4.69) is 54.2 Å². The second-order valence-electron chi connectivity index (χ2n) is 7.61. The van der Waals surface area contributed by atoms with Gasteiger partial charge in [0.1, 0.15) is 0 Å². The maximum absolute atomic E-state index is 11.1. The lowest BCUT2D eigenvalue weighted by atomic mass is 9.90. The molecule has 1 aliphatic rings. The van der Waals surface area contributed by atoms with Crippen molar-refractivity contribution in [2.24, 2.45) is 0 Å². The molecule has 2 nitrogen and oxygen atoms in total. The zero-order valence-corrected chi connectivity index (χ0v) is 17.2. The molecule has 0 bridgehead atoms. The van der Waals surface area contributed by atoms with Crippen LogP contribution in [0.3, 0.4) is 0 Å². The lowest BCUT2D eigenvalue weighted by Crippen LogP contribution is -1.99. The molecule has 0 radical (unpaired) electrons. The maximum Gasteiger partial charge on any atom is 0.305 e. The summed E-state index contributed by atoms with van der Waals surface area (Å²) in [6.45, 7) is 2.26. The van der Waals surface area contributed by atoms with Crippen molar-refractivity contribution in [2.45, 2.75) is 83.5 Å². The summed E-state index contributed by atoms with van der Waals surface area (Å²) < 4.78 is 4.67. The number of carbonyl (C=O) groups is 1. The SMILES string of the molecule is CCCCCCc1ccc([C@H]2CCC=C2C/C=C\CCCC(=O)OC)cc1. The molecule has 2 heteroatoms. The molecule has 1 aromatic carbocycles. The van der Waals surface area contributed by atoms with Gasteiger partial charge in [-0.2, -0.15) is 0 Å². The van der Waals surface area contributed by atoms with Gasteiger partial charge in [0.2, 0.25) is 0 Å². The van der Waals surface area contributed by atoms with Crippen molar-refractivity contribution in [3.63, 3.8) is 0 Å². The van der Waals surface area contributed by atoms with E-state index in [1.165, 1.54) is 63.2 Å². The Morgan fingerprint density at radius 1 is 1.11 bits per heavy atom. The summed E-state index contributed by atoms with van der Waals surface area (Å²) in [7, 11) is 1.45. The minimum Gasteiger partial charge on any atom is -0.469 e. The fraction of sp³-hybridized carbons (Fsp3) is 0.560. The zero-order valence-electron chi connectivity index (χ0n) is 17.2. The van der Waals surface area contributed by atoms with E-state index in [1.807, 2.05) is 0 Å². The zero-order chi connectivity index (χ0) is 19.3. The number of benzene rings is 1. The first-order valence-electron chi connectivity index (χ1n) is 10.7. The maximum atomic E-state index is 11.1. The fourth-order valence-electron chi connectivity index (χ4n) is 3.85. The molecule has 0 N–H and O–H groups in total. The van der Waals surface area contributed by atoms with Crippen LogP contribution < -0.4 is 0 Å². The first-order valence-corrected chi connectivity index (χ1v) is 10.7. The van der Waals surface area contributed by atoms with Crippen LogP contribution in [0.25, 0.3) is 0 Å². The lowest BCUT2D eigenvalue weighted by Gasteiger charge is -2.15. The first kappa shape index (κ1) is 21.5. The largest absolute Gasteiger partial charge is 0.469 e. The van der Waals surface area contributed by atoms with Crippen molar-refractivity contribution >= 4 is 5.97 Å². The quantitative estimate of drug-likeness (QED) is 0.228. The summed E-state index contributed by atoms with van der Waals surface area (Å²) >= 11 is 0. The Labute approximate surface area is 165 Å². The van der Waals surface area contributed by atoms with Gasteiger partial charge in [-0.1, -0.05) is 74.3 Å². The van der Waals surface area contributed by atoms with Crippen LogP contribution in [0.4, 0.5) is 0 Å². The Morgan fingerprint density at radius 2 is 1.93 bits per heavy atom. The van der Waals surface area contributed by atoms with Crippen LogP contribution in [-0.2, 0) is 16.0 Å². The van der Waals surface area contributed by atoms with Gasteiger partial charge in [0.25, 0.3) is 0 Å². The monoisotopic (exact) mass is 368 g/mol. The van der Waals surface area contributed by atoms with Crippen LogP contribution in [0, 0.1) is 0 Å². The van der Waals surface area contributed by atoms with Crippen LogP contribution >= 0.6 is 0 Å². The van der Waals surface area contributed by atoms with Crippen LogP contribution in [0.2, 0.25) is 0 Å². The number of aryl methyl sites for hydroxylation is 1. The number of allylic oxidation sites excluding steroid dienone is 4. The summed E-state index contributed by atoms with van der Waals surface area (Å²) in [5.41, 5.74) is 4.49. The third-order valence-corrected chi connectivity index (χ3v) is 5.51. The summed E-state index contributed by atoms with van der Waals surface area (Å²) in [4.78, 5) is 11.1. The van der Waals surface area contributed by atoms with Crippen molar-refractivity contribution in [3.05, 3.63) is 59.2 Å². The topological polar surface area (TPSA) is 26.3 Å². The predicted octanol–water partition coefficient (Wildman–Crippen LogP) is 6.90. The van der Waals surface area contributed by atoms with E-state index < -0.39 is 0 Å². The van der Waals surface area contributed by atoms with Gasteiger partial charge in [0, 0.05) is 12.3 Å². The van der Waals surface area contributed by atoms with Gasteiger partial charge in [0.15, 0.2) is 0 Å². The molecule has 0 saturated carbocycles. The molecule has 0 saturated heterocycles. The average molecular weight is 369 g/mol. The van der Waals surface area contributed by atoms with Crippen LogP contribution in [-0.4, -0.2) is 13.1 Å². The van der Waals surface area contributed by atoms with Crippen molar-refractivity contribution in [1.82, 2.24) is 0 Å². The summed E-state index contributed by atoms with van der Waals surface area (Å²) in [5, 5.41) is 0. The summed E-state index contributed by atoms with van der Waals surface area (Å²) in [6.07, 6.45) is 19.2. The second kappa shape index (κ2) is 12.5. The molecule has 0 spiro atoms. The minimum absolute atomic E-state index is 0.115. The number of methoxy groups -OCH3 is 1. The van der Waals surface area contributed by atoms with Crippen molar-refractivity contribution in [1.29, 1.82) is 0 Å². The molecule has 0 aliphatic heterocycles. The van der Waals surface area contributed by atoms with E-state index >= 15 is 0 Å². The highest BCUT2D eigenvalue weighted by Gasteiger charge is 2.19. The van der Waals surface area contributed by atoms with E-state index in [0.717, 1.165) is 19.3 Å². The highest BCUT2D eigenvalue weighted by molar-refractivity contribution is 5.69. The van der Waals surface area contributed by atoms with E-state index in [-0.39, 0.29) is 5.97 Å². The standard InChI is InChI=1S/C25H36O2/c1-3-4-5-8-12-21-17-19-23(20-18-21)24-15-11-14-22(24)13-9-6-7-10-16-25(26)27-2/h6,9,14,17-20,24H,3-5,7-8,10-13,15-16H2,1-2H3/b9-6-/t24-/m0/s1. The fourth-order valence-corrected chi connectivity index (χ4v) is 3.85. The van der Waals surface area contributed by atoms with E-state index in [1.54, 1.807) is 5.57 Å². The average Bonchev–Trinajstić information content (AvgIpc) is 3.16. The molecular weight excluding hydrogens is 332 g/mol. The van der Waals surface area contributed by atoms with Crippen molar-refractivity contribution in [2.75, 3.05) is 7.11 Å². The minimum atomic E-state index is -0.115. The second-order valence-corrected chi connectivity index (χ2v) is 7.61. The van der Waals surface area contributed by atoms with Crippen LogP contribution in [0.5, 0.6) is 0 Å². The molecule has 27 heavy (non-hydrogen) atoms. The van der Waals surface area contributed by atoms with E-state index in [4.69, 9.17) is 0 Å². The molecule has 2 rings (SSSR count). The highest BCUT2D eigenvalue weighted by Crippen LogP contribution is 2.37. The Hall–Kier alpha value is -1.83. The van der Waals surface area contributed by atoms with Gasteiger partial charge in [0.05, 0.1) is 7.11 Å². The Balaban J connectivity index is 1.77. The van der Waals surface area contributed by atoms with Crippen LogP contribution in [0.15, 0.2) is 48.1 Å². The lowest BCUT2D eigenvalue weighted by molar-refractivity contribution is -0.140.